The number of nitrogens with zero attached hydrogens (tertiary/aromatic N) is 2. The van der Waals surface area contributed by atoms with Crippen LogP contribution in [0.5, 0.6) is 5.75 Å². The molecule has 1 aliphatic heterocycles. The number of fused-ring (bicyclic) bond motifs is 1. The van der Waals surface area contributed by atoms with Crippen LogP contribution in [0.4, 0.5) is 10.1 Å². The van der Waals surface area contributed by atoms with E-state index in [9.17, 15) is 22.7 Å². The molecule has 1 aliphatic rings. The van der Waals surface area contributed by atoms with Crippen molar-refractivity contribution in [1.29, 1.82) is 0 Å². The Kier molecular flexibility index (Phi) is 12.6. The first-order valence-electron chi connectivity index (χ1n) is 15.8. The first-order chi connectivity index (χ1) is 22.0. The van der Waals surface area contributed by atoms with Crippen LogP contribution >= 0.6 is 0 Å². The summed E-state index contributed by atoms with van der Waals surface area (Å²) >= 11 is 0. The summed E-state index contributed by atoms with van der Waals surface area (Å²) in [5.41, 5.74) is 1.53. The molecular weight excluding hydrogens is 609 g/mol. The van der Waals surface area contributed by atoms with Crippen molar-refractivity contribution in [2.24, 2.45) is 5.92 Å². The Morgan fingerprint density at radius 2 is 1.78 bits per heavy atom. The first-order valence-corrected chi connectivity index (χ1v) is 17.3. The number of rotatable bonds is 9. The van der Waals surface area contributed by atoms with Crippen LogP contribution < -0.4 is 9.46 Å². The molecule has 0 fully saturated rings. The van der Waals surface area contributed by atoms with Crippen LogP contribution in [-0.2, 0) is 21.3 Å². The van der Waals surface area contributed by atoms with Crippen LogP contribution in [0.2, 0.25) is 0 Å². The highest BCUT2D eigenvalue weighted by atomic mass is 32.2. The van der Waals surface area contributed by atoms with E-state index in [2.05, 4.69) is 28.8 Å². The van der Waals surface area contributed by atoms with Gasteiger partial charge in [0, 0.05) is 37.8 Å². The maximum Gasteiger partial charge on any atom is 0.261 e. The molecule has 0 saturated carbocycles. The number of carbonyl (C=O) groups excluding carboxylic acids is 1. The molecule has 46 heavy (non-hydrogen) atoms. The fraction of sp³-hybridized carbons (Fsp3) is 0.457. The van der Waals surface area contributed by atoms with Crippen LogP contribution in [0.25, 0.3) is 0 Å². The monoisotopic (exact) mass is 655 g/mol. The average molecular weight is 656 g/mol. The molecule has 0 aromatic heterocycles. The fourth-order valence-corrected chi connectivity index (χ4v) is 6.59. The van der Waals surface area contributed by atoms with Crippen LogP contribution in [0, 0.1) is 11.7 Å². The zero-order chi connectivity index (χ0) is 33.3. The third kappa shape index (κ3) is 9.75. The number of anilines is 1. The highest BCUT2D eigenvalue weighted by Gasteiger charge is 2.30. The zero-order valence-electron chi connectivity index (χ0n) is 27.1. The number of sulfonamides is 1. The van der Waals surface area contributed by atoms with Crippen LogP contribution in [0.3, 0.4) is 0 Å². The number of aliphatic hydroxyl groups is 1. The van der Waals surface area contributed by atoms with E-state index in [0.717, 1.165) is 37.9 Å². The second-order valence-corrected chi connectivity index (χ2v) is 13.9. The Morgan fingerprint density at radius 1 is 1.07 bits per heavy atom. The number of amides is 1. The van der Waals surface area contributed by atoms with Crippen LogP contribution in [0.15, 0.2) is 77.7 Å². The minimum Gasteiger partial charge on any atom is -0.490 e. The number of hydrogen-bond acceptors (Lipinski definition) is 7. The number of hydrogen-bond donors (Lipinski definition) is 2. The summed E-state index contributed by atoms with van der Waals surface area (Å²) in [4.78, 5) is 18.0. The van der Waals surface area contributed by atoms with E-state index < -0.39 is 27.8 Å². The number of benzene rings is 3. The minimum atomic E-state index is -4.06. The van der Waals surface area contributed by atoms with Gasteiger partial charge in [0.2, 0.25) is 0 Å². The molecule has 0 radical (unpaired) electrons. The molecule has 1 heterocycles. The molecule has 3 aromatic rings. The largest absolute Gasteiger partial charge is 0.490 e. The predicted molar refractivity (Wildman–Crippen MR) is 177 cm³/mol. The van der Waals surface area contributed by atoms with E-state index in [4.69, 9.17) is 9.47 Å². The molecule has 11 heteroatoms. The topological polar surface area (TPSA) is 108 Å². The van der Waals surface area contributed by atoms with Gasteiger partial charge in [0.05, 0.1) is 35.3 Å². The van der Waals surface area contributed by atoms with Gasteiger partial charge in [-0.15, -0.1) is 0 Å². The van der Waals surface area contributed by atoms with Crippen molar-refractivity contribution < 1.29 is 32.2 Å². The van der Waals surface area contributed by atoms with Crippen molar-refractivity contribution in [3.63, 3.8) is 0 Å². The minimum absolute atomic E-state index is 0.0948. The van der Waals surface area contributed by atoms with E-state index in [1.807, 2.05) is 32.0 Å². The van der Waals surface area contributed by atoms with Gasteiger partial charge < -0.3 is 19.5 Å². The highest BCUT2D eigenvalue weighted by Crippen LogP contribution is 2.29. The van der Waals surface area contributed by atoms with Gasteiger partial charge in [-0.25, -0.2) is 12.8 Å². The van der Waals surface area contributed by atoms with Crippen molar-refractivity contribution in [3.8, 4) is 5.75 Å². The Hall–Kier alpha value is -3.51. The molecule has 2 N–H and O–H groups in total. The van der Waals surface area contributed by atoms with Gasteiger partial charge in [-0.3, -0.25) is 14.4 Å². The van der Waals surface area contributed by atoms with E-state index in [0.29, 0.717) is 25.4 Å². The van der Waals surface area contributed by atoms with Gasteiger partial charge in [-0.05, 0) is 88.2 Å². The smallest absolute Gasteiger partial charge is 0.261 e. The average Bonchev–Trinajstić information content (AvgIpc) is 3.03. The van der Waals surface area contributed by atoms with Crippen molar-refractivity contribution in [3.05, 3.63) is 89.7 Å². The first kappa shape index (κ1) is 35.3. The fourth-order valence-electron chi connectivity index (χ4n) is 5.54. The lowest BCUT2D eigenvalue weighted by Gasteiger charge is -2.36. The summed E-state index contributed by atoms with van der Waals surface area (Å²) in [6.45, 7) is 7.77. The summed E-state index contributed by atoms with van der Waals surface area (Å²) < 4.78 is 54.8. The van der Waals surface area contributed by atoms with E-state index in [1.165, 1.54) is 29.8 Å². The Labute approximate surface area is 272 Å². The SMILES string of the molecule is C[C@@H]1CCCCO[C@H](CN(C)Cc2ccccc2)[C@H](C)CN([C@H](C)CO)C(=O)c2cc(NS(=O)(=O)c3ccc(F)cc3)ccc2O1. The zero-order valence-corrected chi connectivity index (χ0v) is 27.9. The third-order valence-corrected chi connectivity index (χ3v) is 9.61. The van der Waals surface area contributed by atoms with Crippen molar-refractivity contribution in [1.82, 2.24) is 9.80 Å². The molecule has 4 atom stereocenters. The van der Waals surface area contributed by atoms with Crippen molar-refractivity contribution in [2.75, 3.05) is 38.1 Å². The number of carbonyl (C=O) groups is 1. The number of aliphatic hydroxyl groups excluding tert-OH is 1. The summed E-state index contributed by atoms with van der Waals surface area (Å²) in [7, 11) is -2.01. The quantitative estimate of drug-likeness (QED) is 0.311. The second-order valence-electron chi connectivity index (χ2n) is 12.3. The number of likely N-dealkylation sites (N-methyl/N-ethyl adjacent to an activating group) is 1. The van der Waals surface area contributed by atoms with E-state index >= 15 is 0 Å². The van der Waals surface area contributed by atoms with E-state index in [-0.39, 0.29) is 40.9 Å². The second kappa shape index (κ2) is 16.4. The molecule has 0 spiro atoms. The van der Waals surface area contributed by atoms with Gasteiger partial charge in [0.25, 0.3) is 15.9 Å². The molecule has 250 valence electrons. The molecule has 0 saturated heterocycles. The lowest BCUT2D eigenvalue weighted by Crippen LogP contribution is -2.47. The summed E-state index contributed by atoms with van der Waals surface area (Å²) in [5, 5.41) is 10.2. The number of halogens is 1. The van der Waals surface area contributed by atoms with Gasteiger partial charge >= 0.3 is 0 Å². The summed E-state index contributed by atoms with van der Waals surface area (Å²) in [5.74, 6) is -0.711. The number of ether oxygens (including phenoxy) is 2. The van der Waals surface area contributed by atoms with Crippen LogP contribution in [0.1, 0.15) is 56.0 Å². The van der Waals surface area contributed by atoms with Gasteiger partial charge in [-0.2, -0.15) is 0 Å². The molecule has 1 amide bonds. The predicted octanol–water partition coefficient (Wildman–Crippen LogP) is 5.55. The van der Waals surface area contributed by atoms with Gasteiger partial charge in [-0.1, -0.05) is 37.3 Å². The Bertz CT molecular complexity index is 1520. The third-order valence-electron chi connectivity index (χ3n) is 8.21. The molecular formula is C35H46FN3O6S. The maximum atomic E-state index is 14.3. The lowest BCUT2D eigenvalue weighted by atomic mass is 10.0. The molecule has 0 unspecified atom stereocenters. The molecule has 0 bridgehead atoms. The normalized spacial score (nSPS) is 20.8. The molecule has 4 rings (SSSR count). The lowest BCUT2D eigenvalue weighted by molar-refractivity contribution is -0.0177. The van der Waals surface area contributed by atoms with Crippen LogP contribution in [-0.4, -0.2) is 80.8 Å². The Balaban J connectivity index is 1.64. The Morgan fingerprint density at radius 3 is 2.48 bits per heavy atom. The van der Waals surface area contributed by atoms with Gasteiger partial charge in [0.15, 0.2) is 0 Å². The highest BCUT2D eigenvalue weighted by molar-refractivity contribution is 7.92. The maximum absolute atomic E-state index is 14.3. The summed E-state index contributed by atoms with van der Waals surface area (Å²) in [6.07, 6.45) is 2.06. The van der Waals surface area contributed by atoms with E-state index in [1.54, 1.807) is 17.9 Å². The van der Waals surface area contributed by atoms with Gasteiger partial charge in [0.1, 0.15) is 11.6 Å². The molecule has 0 aliphatic carbocycles. The molecule has 9 nitrogen and oxygen atoms in total. The molecule has 3 aromatic carbocycles. The standard InChI is InChI=1S/C35H46FN3O6S/c1-25-21-39(26(2)24-40)35(41)32-20-30(37-46(42,43)31-16-13-29(36)14-17-31)15-18-33(32)45-27(3)10-8-9-19-44-34(25)23-38(4)22-28-11-6-5-7-12-28/h5-7,11-18,20,25-27,34,37,40H,8-10,19,21-24H2,1-4H3/t25-,26-,27-,34-/m1/s1. The van der Waals surface area contributed by atoms with Crippen molar-refractivity contribution in [2.45, 2.75) is 69.7 Å². The van der Waals surface area contributed by atoms with Crippen molar-refractivity contribution >= 4 is 21.6 Å². The number of nitrogens with one attached hydrogen (secondary N) is 1. The summed E-state index contributed by atoms with van der Waals surface area (Å²) in [6, 6.07) is 18.8.